The molecule has 0 radical (unpaired) electrons. The van der Waals surface area contributed by atoms with Crippen molar-refractivity contribution >= 4 is 14.1 Å². The van der Waals surface area contributed by atoms with Crippen LogP contribution in [0.3, 0.4) is 0 Å². The fourth-order valence-electron chi connectivity index (χ4n) is 4.45. The Balaban J connectivity index is 1.39. The summed E-state index contributed by atoms with van der Waals surface area (Å²) in [4.78, 5) is 10.9. The third-order valence-corrected chi connectivity index (χ3v) is 8.66. The fraction of sp³-hybridized carbons (Fsp3) is 0.500. The van der Waals surface area contributed by atoms with E-state index in [0.717, 1.165) is 31.0 Å². The van der Waals surface area contributed by atoms with E-state index in [1.165, 1.54) is 24.8 Å². The van der Waals surface area contributed by atoms with Gasteiger partial charge in [0.2, 0.25) is 5.75 Å². The van der Waals surface area contributed by atoms with Gasteiger partial charge in [0.1, 0.15) is 5.75 Å². The van der Waals surface area contributed by atoms with Crippen LogP contribution >= 0.6 is 8.45 Å². The van der Waals surface area contributed by atoms with Crippen molar-refractivity contribution < 1.29 is 27.4 Å². The van der Waals surface area contributed by atoms with Crippen LogP contribution in [0, 0.1) is 10.1 Å². The van der Waals surface area contributed by atoms with Crippen LogP contribution in [-0.2, 0) is 4.52 Å². The third-order valence-electron chi connectivity index (χ3n) is 6.50. The zero-order valence-corrected chi connectivity index (χ0v) is 20.0. The molecule has 2 aromatic carbocycles. The van der Waals surface area contributed by atoms with Crippen LogP contribution in [0.2, 0.25) is 0 Å². The second-order valence-corrected chi connectivity index (χ2v) is 11.0. The molecule has 35 heavy (non-hydrogen) atoms. The topological polar surface area (TPSA) is 67.6 Å². The summed E-state index contributed by atoms with van der Waals surface area (Å²) in [6.45, 7) is 2.83. The minimum Gasteiger partial charge on any atom is -0.450 e. The maximum absolute atomic E-state index is 14.0. The van der Waals surface area contributed by atoms with Gasteiger partial charge in [0.15, 0.2) is 14.6 Å². The van der Waals surface area contributed by atoms with Crippen molar-refractivity contribution in [3.63, 3.8) is 0 Å². The van der Waals surface area contributed by atoms with Gasteiger partial charge in [-0.3, -0.25) is 10.1 Å². The molecule has 7 nitrogen and oxygen atoms in total. The highest BCUT2D eigenvalue weighted by Crippen LogP contribution is 2.58. The predicted molar refractivity (Wildman–Crippen MR) is 125 cm³/mol. The van der Waals surface area contributed by atoms with Gasteiger partial charge in [-0.1, -0.05) is 31.4 Å². The molecule has 1 saturated carbocycles. The number of rotatable bonds is 9. The van der Waals surface area contributed by atoms with E-state index in [4.69, 9.17) is 9.26 Å². The summed E-state index contributed by atoms with van der Waals surface area (Å²) < 4.78 is 57.2. The second kappa shape index (κ2) is 10.0. The Kier molecular flexibility index (Phi) is 6.99. The summed E-state index contributed by atoms with van der Waals surface area (Å²) in [5, 5.41) is 11.6. The molecule has 2 aromatic rings. The number of nitro benzene ring substituents is 1. The molecule has 3 fully saturated rings. The molecule has 2 aliphatic heterocycles. The fourth-order valence-corrected chi connectivity index (χ4v) is 6.36. The summed E-state index contributed by atoms with van der Waals surface area (Å²) in [5.41, 5.74) is 0.572. The highest BCUT2D eigenvalue weighted by atomic mass is 31.2. The number of halogens is 3. The molecule has 5 rings (SSSR count). The van der Waals surface area contributed by atoms with E-state index in [0.29, 0.717) is 37.8 Å². The first kappa shape index (κ1) is 24.4. The van der Waals surface area contributed by atoms with Gasteiger partial charge in [-0.2, -0.15) is 13.2 Å². The molecule has 0 spiro atoms. The van der Waals surface area contributed by atoms with Crippen molar-refractivity contribution in [1.29, 1.82) is 0 Å². The molecule has 1 unspecified atom stereocenters. The summed E-state index contributed by atoms with van der Waals surface area (Å²) in [7, 11) is -1.50. The van der Waals surface area contributed by atoms with Crippen molar-refractivity contribution in [2.24, 2.45) is 0 Å². The van der Waals surface area contributed by atoms with Gasteiger partial charge >= 0.3 is 11.9 Å². The van der Waals surface area contributed by atoms with E-state index in [2.05, 4.69) is 0 Å². The van der Waals surface area contributed by atoms with E-state index in [1.54, 1.807) is 12.1 Å². The zero-order chi connectivity index (χ0) is 24.6. The molecule has 11 heteroatoms. The number of alkyl halides is 3. The number of ether oxygens (including phenoxy) is 1. The number of nitrogens with zero attached hydrogens (tertiary/aromatic N) is 3. The summed E-state index contributed by atoms with van der Waals surface area (Å²) in [5.74, 6) is 0.586. The van der Waals surface area contributed by atoms with Crippen LogP contribution < -0.4 is 4.74 Å². The van der Waals surface area contributed by atoms with E-state index in [9.17, 15) is 23.3 Å². The van der Waals surface area contributed by atoms with Crippen molar-refractivity contribution in [1.82, 2.24) is 9.34 Å². The number of nitro groups is 1. The lowest BCUT2D eigenvalue weighted by molar-refractivity contribution is -0.385. The number of hydrogen-bond acceptors (Lipinski definition) is 6. The Labute approximate surface area is 202 Å². The molecule has 2 heterocycles. The van der Waals surface area contributed by atoms with Crippen LogP contribution in [0.15, 0.2) is 42.5 Å². The molecule has 1 aliphatic carbocycles. The Hall–Kier alpha value is -2.26. The first-order valence-electron chi connectivity index (χ1n) is 11.9. The molecule has 188 valence electrons. The van der Waals surface area contributed by atoms with Crippen LogP contribution in [-0.4, -0.2) is 46.6 Å². The smallest absolute Gasteiger partial charge is 0.419 e. The molecule has 0 N–H and O–H groups in total. The first-order chi connectivity index (χ1) is 16.8. The minimum absolute atomic E-state index is 0.215. The molecular formula is C24H27F3N3O4P. The van der Waals surface area contributed by atoms with Gasteiger partial charge in [0, 0.05) is 32.2 Å². The molecule has 2 saturated heterocycles. The largest absolute Gasteiger partial charge is 0.450 e. The van der Waals surface area contributed by atoms with Gasteiger partial charge < -0.3 is 9.26 Å². The first-order valence-corrected chi connectivity index (χ1v) is 13.1. The Morgan fingerprint density at radius 3 is 2.14 bits per heavy atom. The Bertz CT molecular complexity index is 1040. The Morgan fingerprint density at radius 2 is 1.60 bits per heavy atom. The second-order valence-electron chi connectivity index (χ2n) is 9.18. The number of benzene rings is 2. The average Bonchev–Trinajstić information content (AvgIpc) is 3.74. The van der Waals surface area contributed by atoms with E-state index >= 15 is 0 Å². The monoisotopic (exact) mass is 509 g/mol. The van der Waals surface area contributed by atoms with Crippen molar-refractivity contribution in [3.8, 4) is 11.5 Å². The standard InChI is InChI=1S/C24H27F3N3O4P/c25-24(26,27)23(34-35(28-12-13-28)29-14-15-29)19-8-11-21(30(31)32)22(16-19)33-20-9-6-18(7-10-20)17-4-2-1-3-5-17/h6-11,16-17,23H,1-5,12-15H2. The van der Waals surface area contributed by atoms with Crippen LogP contribution in [0.5, 0.6) is 11.5 Å². The van der Waals surface area contributed by atoms with E-state index in [1.807, 2.05) is 21.5 Å². The molecular weight excluding hydrogens is 482 g/mol. The predicted octanol–water partition coefficient (Wildman–Crippen LogP) is 6.91. The molecule has 1 atom stereocenters. The normalized spacial score (nSPS) is 20.1. The van der Waals surface area contributed by atoms with E-state index in [-0.39, 0.29) is 11.3 Å². The van der Waals surface area contributed by atoms with Crippen LogP contribution in [0.1, 0.15) is 55.3 Å². The van der Waals surface area contributed by atoms with Crippen molar-refractivity contribution in [3.05, 3.63) is 63.7 Å². The quantitative estimate of drug-likeness (QED) is 0.158. The van der Waals surface area contributed by atoms with E-state index < -0.39 is 31.3 Å². The highest BCUT2D eigenvalue weighted by Gasteiger charge is 2.49. The lowest BCUT2D eigenvalue weighted by Gasteiger charge is -2.27. The minimum atomic E-state index is -4.68. The van der Waals surface area contributed by atoms with Gasteiger partial charge in [-0.25, -0.2) is 9.34 Å². The average molecular weight is 509 g/mol. The van der Waals surface area contributed by atoms with Gasteiger partial charge in [0.05, 0.1) is 4.92 Å². The van der Waals surface area contributed by atoms with Gasteiger partial charge in [0.25, 0.3) is 0 Å². The molecule has 3 aliphatic rings. The van der Waals surface area contributed by atoms with Crippen LogP contribution in [0.25, 0.3) is 0 Å². The summed E-state index contributed by atoms with van der Waals surface area (Å²) in [6, 6.07) is 10.6. The van der Waals surface area contributed by atoms with Gasteiger partial charge in [-0.05, 0) is 54.2 Å². The lowest BCUT2D eigenvalue weighted by Crippen LogP contribution is -2.24. The maximum Gasteiger partial charge on any atom is 0.419 e. The molecule has 0 aromatic heterocycles. The molecule has 0 bridgehead atoms. The highest BCUT2D eigenvalue weighted by molar-refractivity contribution is 7.48. The maximum atomic E-state index is 14.0. The van der Waals surface area contributed by atoms with Gasteiger partial charge in [-0.15, -0.1) is 0 Å². The van der Waals surface area contributed by atoms with Crippen LogP contribution in [0.4, 0.5) is 18.9 Å². The van der Waals surface area contributed by atoms with Crippen molar-refractivity contribution in [2.75, 3.05) is 26.2 Å². The SMILES string of the molecule is O=[N+]([O-])c1ccc(C(OP(N2CC2)N2CC2)C(F)(F)F)cc1Oc1ccc(C2CCCCC2)cc1. The summed E-state index contributed by atoms with van der Waals surface area (Å²) in [6.07, 6.45) is -0.982. The summed E-state index contributed by atoms with van der Waals surface area (Å²) >= 11 is 0. The lowest BCUT2D eigenvalue weighted by atomic mass is 9.84. The third kappa shape index (κ3) is 5.94. The van der Waals surface area contributed by atoms with Crippen molar-refractivity contribution in [2.45, 2.75) is 50.3 Å². The zero-order valence-electron chi connectivity index (χ0n) is 19.1. The number of hydrogen-bond donors (Lipinski definition) is 0. The Morgan fingerprint density at radius 1 is 0.971 bits per heavy atom. The molecule has 0 amide bonds.